The lowest BCUT2D eigenvalue weighted by Crippen LogP contribution is -2.78. The molecule has 0 aromatic carbocycles. The number of hydrogen-bond donors (Lipinski definition) is 5. The zero-order valence-corrected chi connectivity index (χ0v) is 22.6. The molecule has 1 aliphatic rings. The van der Waals surface area contributed by atoms with Gasteiger partial charge in [-0.25, -0.2) is 4.99 Å². The van der Waals surface area contributed by atoms with Gasteiger partial charge in [0.15, 0.2) is 5.70 Å². The number of nitrogens with two attached hydrogens (primary N) is 2. The Morgan fingerprint density at radius 2 is 1.39 bits per heavy atom. The maximum atomic E-state index is 5.23. The molecule has 9 N–H and O–H groups in total. The fraction of sp³-hybridized carbons (Fsp3) is 0.846. The lowest BCUT2D eigenvalue weighted by Gasteiger charge is -2.16. The number of hydrogen-bond acceptors (Lipinski definition) is 0. The van der Waals surface area contributed by atoms with Crippen LogP contribution in [-0.2, 0) is 0 Å². The summed E-state index contributed by atoms with van der Waals surface area (Å²) in [5.41, 5.74) is 17.1. The minimum absolute atomic E-state index is 0.318. The Morgan fingerprint density at radius 3 is 1.77 bits per heavy atom. The van der Waals surface area contributed by atoms with Gasteiger partial charge in [0.1, 0.15) is 6.21 Å². The third-order valence-corrected chi connectivity index (χ3v) is 4.77. The fourth-order valence-electron chi connectivity index (χ4n) is 2.82. The molecule has 5 nitrogen and oxygen atoms in total. The fourth-order valence-corrected chi connectivity index (χ4v) is 2.82. The van der Waals surface area contributed by atoms with Crippen molar-refractivity contribution in [2.45, 2.75) is 114 Å². The van der Waals surface area contributed by atoms with Gasteiger partial charge in [0.25, 0.3) is 0 Å². The van der Waals surface area contributed by atoms with E-state index in [1.807, 2.05) is 0 Å². The van der Waals surface area contributed by atoms with Gasteiger partial charge in [0, 0.05) is 12.8 Å². The van der Waals surface area contributed by atoms with Crippen molar-refractivity contribution in [2.75, 3.05) is 13.1 Å². The third kappa shape index (κ3) is 30.9. The van der Waals surface area contributed by atoms with Crippen molar-refractivity contribution in [1.29, 1.82) is 0 Å². The molecule has 1 aliphatic heterocycles. The van der Waals surface area contributed by atoms with E-state index < -0.39 is 0 Å². The Bertz CT molecular complexity index is 521. The SMILES string of the molecule is CC(C)(C)CCC1=CCC=[NH+]1.CC(C)(C)CCCC[NH3+].CC(C)(C)CCC[NH+]=C(N)N. The minimum atomic E-state index is 0.318. The van der Waals surface area contributed by atoms with Crippen molar-refractivity contribution in [3.05, 3.63) is 11.8 Å². The standard InChI is InChI=1S/C10H17N.C8H19N3.C8H19N/c1-10(2,3)7-6-9-5-4-8-11-9;1-8(2,3)5-4-6-11-7(9)10;1-8(2,3)6-4-5-7-9/h5,8H,4,6-7H2,1-3H3;4-6H2,1-3H3,(H4,9,10,11);4-7,9H2,1-3H3/p+3. The van der Waals surface area contributed by atoms with Crippen LogP contribution in [0.5, 0.6) is 0 Å². The lowest BCUT2D eigenvalue weighted by atomic mass is 9.90. The van der Waals surface area contributed by atoms with Crippen LogP contribution in [0.15, 0.2) is 11.8 Å². The van der Waals surface area contributed by atoms with Crippen molar-refractivity contribution < 1.29 is 15.7 Å². The Balaban J connectivity index is 0. The molecule has 0 saturated carbocycles. The van der Waals surface area contributed by atoms with E-state index in [9.17, 15) is 0 Å². The third-order valence-electron chi connectivity index (χ3n) is 4.77. The molecule has 0 fully saturated rings. The largest absolute Gasteiger partial charge is 0.358 e. The molecule has 1 rings (SSSR count). The van der Waals surface area contributed by atoms with E-state index in [0.29, 0.717) is 22.2 Å². The molecule has 0 spiro atoms. The van der Waals surface area contributed by atoms with Gasteiger partial charge in [-0.05, 0) is 60.8 Å². The molecule has 0 aromatic heterocycles. The number of guanidine groups is 1. The first-order valence-electron chi connectivity index (χ1n) is 12.2. The smallest absolute Gasteiger partial charge is 0.338 e. The van der Waals surface area contributed by atoms with Gasteiger partial charge in [-0.3, -0.25) is 16.5 Å². The van der Waals surface area contributed by atoms with E-state index >= 15 is 0 Å². The molecular formula is C26H58N5+3. The van der Waals surface area contributed by atoms with Gasteiger partial charge in [-0.15, -0.1) is 0 Å². The van der Waals surface area contributed by atoms with Crippen LogP contribution in [0.3, 0.4) is 0 Å². The number of nitrogens with one attached hydrogen (secondary N) is 2. The highest BCUT2D eigenvalue weighted by Gasteiger charge is 2.14. The lowest BCUT2D eigenvalue weighted by molar-refractivity contribution is -0.460. The van der Waals surface area contributed by atoms with E-state index in [2.05, 4.69) is 90.3 Å². The van der Waals surface area contributed by atoms with E-state index in [4.69, 9.17) is 11.5 Å². The second-order valence-electron chi connectivity index (χ2n) is 12.3. The summed E-state index contributed by atoms with van der Waals surface area (Å²) in [6, 6.07) is 0. The van der Waals surface area contributed by atoms with Crippen LogP contribution >= 0.6 is 0 Å². The summed E-state index contributed by atoms with van der Waals surface area (Å²) in [7, 11) is 0. The van der Waals surface area contributed by atoms with Gasteiger partial charge in [0.05, 0.1) is 13.1 Å². The van der Waals surface area contributed by atoms with Crippen LogP contribution in [0.25, 0.3) is 0 Å². The summed E-state index contributed by atoms with van der Waals surface area (Å²) in [6.45, 7) is 22.4. The predicted molar refractivity (Wildman–Crippen MR) is 137 cm³/mol. The van der Waals surface area contributed by atoms with Gasteiger partial charge in [0.2, 0.25) is 0 Å². The molecule has 184 valence electrons. The number of allylic oxidation sites excluding steroid dienone is 2. The first-order valence-corrected chi connectivity index (χ1v) is 12.2. The van der Waals surface area contributed by atoms with Gasteiger partial charge < -0.3 is 5.73 Å². The molecule has 0 aromatic rings. The molecule has 0 saturated heterocycles. The maximum Gasteiger partial charge on any atom is 0.338 e. The highest BCUT2D eigenvalue weighted by Crippen LogP contribution is 2.22. The van der Waals surface area contributed by atoms with Crippen LogP contribution in [0.4, 0.5) is 0 Å². The van der Waals surface area contributed by atoms with Crippen molar-refractivity contribution in [2.24, 2.45) is 27.7 Å². The highest BCUT2D eigenvalue weighted by atomic mass is 15.0. The van der Waals surface area contributed by atoms with Crippen LogP contribution < -0.4 is 27.2 Å². The zero-order valence-electron chi connectivity index (χ0n) is 22.6. The van der Waals surface area contributed by atoms with Gasteiger partial charge in [-0.2, -0.15) is 0 Å². The maximum absolute atomic E-state index is 5.23. The summed E-state index contributed by atoms with van der Waals surface area (Å²) in [5, 5.41) is 0. The molecule has 1 heterocycles. The summed E-state index contributed by atoms with van der Waals surface area (Å²) in [5.74, 6) is 0.318. The van der Waals surface area contributed by atoms with E-state index in [1.54, 1.807) is 0 Å². The summed E-state index contributed by atoms with van der Waals surface area (Å²) in [4.78, 5) is 6.16. The topological polar surface area (TPSA) is 108 Å². The number of rotatable bonds is 8. The predicted octanol–water partition coefficient (Wildman–Crippen LogP) is 1.86. The van der Waals surface area contributed by atoms with E-state index in [-0.39, 0.29) is 0 Å². The van der Waals surface area contributed by atoms with Crippen molar-refractivity contribution in [3.63, 3.8) is 0 Å². The molecular weight excluding hydrogens is 382 g/mol. The highest BCUT2D eigenvalue weighted by molar-refractivity contribution is 5.69. The second kappa shape index (κ2) is 16.3. The zero-order chi connectivity index (χ0) is 24.6. The van der Waals surface area contributed by atoms with Gasteiger partial charge >= 0.3 is 5.96 Å². The molecule has 0 aliphatic carbocycles. The molecule has 5 heteroatoms. The first-order chi connectivity index (χ1) is 14.1. The molecule has 0 amide bonds. The van der Waals surface area contributed by atoms with Crippen molar-refractivity contribution in [3.8, 4) is 0 Å². The quantitative estimate of drug-likeness (QED) is 0.226. The average molecular weight is 441 g/mol. The van der Waals surface area contributed by atoms with Crippen LogP contribution in [0.2, 0.25) is 0 Å². The van der Waals surface area contributed by atoms with Crippen LogP contribution in [0, 0.1) is 16.2 Å². The Morgan fingerprint density at radius 1 is 0.871 bits per heavy atom. The summed E-state index contributed by atoms with van der Waals surface area (Å²) >= 11 is 0. The number of unbranched alkanes of at least 4 members (excludes halogenated alkanes) is 1. The number of quaternary nitrogens is 1. The van der Waals surface area contributed by atoms with Crippen LogP contribution in [-0.4, -0.2) is 25.3 Å². The van der Waals surface area contributed by atoms with Crippen molar-refractivity contribution in [1.82, 2.24) is 0 Å². The molecule has 0 radical (unpaired) electrons. The molecule has 31 heavy (non-hydrogen) atoms. The van der Waals surface area contributed by atoms with Crippen LogP contribution in [0.1, 0.15) is 114 Å². The minimum Gasteiger partial charge on any atom is -0.358 e. The van der Waals surface area contributed by atoms with Gasteiger partial charge in [-0.1, -0.05) is 62.3 Å². The van der Waals surface area contributed by atoms with E-state index in [1.165, 1.54) is 44.2 Å². The summed E-state index contributed by atoms with van der Waals surface area (Å²) < 4.78 is 0. The summed E-state index contributed by atoms with van der Waals surface area (Å²) in [6.07, 6.45) is 14.2. The average Bonchev–Trinajstić information content (AvgIpc) is 3.09. The monoisotopic (exact) mass is 440 g/mol. The Labute approximate surface area is 194 Å². The Kier molecular flexibility index (Phi) is 16.7. The molecule has 0 unspecified atom stereocenters. The van der Waals surface area contributed by atoms with E-state index in [0.717, 1.165) is 25.9 Å². The first kappa shape index (κ1) is 31.8. The van der Waals surface area contributed by atoms with Crippen molar-refractivity contribution >= 4 is 12.2 Å². The molecule has 0 bridgehead atoms. The second-order valence-corrected chi connectivity index (χ2v) is 12.3. The molecule has 0 atom stereocenters. The Hall–Kier alpha value is -1.36. The normalized spacial score (nSPS) is 13.5.